The first kappa shape index (κ1) is 15.6. The number of thiophene rings is 1. The van der Waals surface area contributed by atoms with Crippen molar-refractivity contribution in [2.75, 3.05) is 7.11 Å². The van der Waals surface area contributed by atoms with Gasteiger partial charge >= 0.3 is 0 Å². The van der Waals surface area contributed by atoms with Gasteiger partial charge in [-0.15, -0.1) is 11.3 Å². The molecule has 0 saturated carbocycles. The van der Waals surface area contributed by atoms with Crippen LogP contribution in [0.1, 0.15) is 29.3 Å². The number of ether oxygens (including phenoxy) is 2. The molecule has 6 heteroatoms. The van der Waals surface area contributed by atoms with Crippen molar-refractivity contribution < 1.29 is 14.3 Å². The number of nitrogens with zero attached hydrogens (tertiary/aromatic N) is 2. The molecule has 2 aromatic heterocycles. The molecule has 0 fully saturated rings. The topological polar surface area (TPSA) is 53.4 Å². The van der Waals surface area contributed by atoms with Gasteiger partial charge in [0.1, 0.15) is 16.5 Å². The summed E-state index contributed by atoms with van der Waals surface area (Å²) in [5.74, 6) is 1.85. The van der Waals surface area contributed by atoms with Gasteiger partial charge in [0.05, 0.1) is 17.9 Å². The summed E-state index contributed by atoms with van der Waals surface area (Å²) in [6.45, 7) is 5.69. The van der Waals surface area contributed by atoms with Crippen LogP contribution in [0.3, 0.4) is 0 Å². The lowest BCUT2D eigenvalue weighted by atomic mass is 10.2. The number of rotatable bonds is 4. The van der Waals surface area contributed by atoms with E-state index in [-0.39, 0.29) is 12.0 Å². The molecule has 0 saturated heterocycles. The first-order chi connectivity index (χ1) is 11.0. The van der Waals surface area contributed by atoms with E-state index in [0.29, 0.717) is 16.5 Å². The number of carbonyl (C=O) groups excluding carboxylic acids is 1. The molecule has 0 N–H and O–H groups in total. The van der Waals surface area contributed by atoms with Crippen molar-refractivity contribution in [1.82, 2.24) is 9.55 Å². The molecule has 5 nitrogen and oxygen atoms in total. The van der Waals surface area contributed by atoms with Crippen LogP contribution in [0.4, 0.5) is 0 Å². The molecule has 23 heavy (non-hydrogen) atoms. The Morgan fingerprint density at radius 3 is 2.74 bits per heavy atom. The molecule has 0 radical (unpaired) electrons. The largest absolute Gasteiger partial charge is 0.495 e. The third kappa shape index (κ3) is 2.70. The number of carbonyl (C=O) groups is 1. The second kappa shape index (κ2) is 6.04. The number of hydrogen-bond acceptors (Lipinski definition) is 5. The minimum Gasteiger partial charge on any atom is -0.495 e. The van der Waals surface area contributed by atoms with Gasteiger partial charge in [-0.2, -0.15) is 0 Å². The Kier molecular flexibility index (Phi) is 4.09. The molecule has 120 valence electrons. The molecule has 0 unspecified atom stereocenters. The highest BCUT2D eigenvalue weighted by atomic mass is 32.1. The first-order valence-corrected chi connectivity index (χ1v) is 8.15. The molecule has 3 rings (SSSR count). The monoisotopic (exact) mass is 330 g/mol. The van der Waals surface area contributed by atoms with Gasteiger partial charge in [0.2, 0.25) is 0 Å². The second-order valence-electron chi connectivity index (χ2n) is 5.41. The van der Waals surface area contributed by atoms with E-state index in [9.17, 15) is 4.79 Å². The molecular weight excluding hydrogens is 312 g/mol. The molecule has 0 aliphatic heterocycles. The highest BCUT2D eigenvalue weighted by Gasteiger charge is 2.24. The summed E-state index contributed by atoms with van der Waals surface area (Å²) in [5, 5.41) is 0.893. The molecule has 1 aromatic carbocycles. The third-order valence-electron chi connectivity index (χ3n) is 3.45. The Bertz CT molecular complexity index is 864. The van der Waals surface area contributed by atoms with Crippen molar-refractivity contribution in [2.45, 2.75) is 26.9 Å². The van der Waals surface area contributed by atoms with Gasteiger partial charge in [0, 0.05) is 17.8 Å². The number of methoxy groups -OCH3 is 1. The van der Waals surface area contributed by atoms with Crippen LogP contribution in [0.25, 0.3) is 10.1 Å². The maximum absolute atomic E-state index is 12.9. The summed E-state index contributed by atoms with van der Waals surface area (Å²) in [7, 11) is 1.62. The van der Waals surface area contributed by atoms with Crippen molar-refractivity contribution in [2.24, 2.45) is 0 Å². The van der Waals surface area contributed by atoms with Gasteiger partial charge < -0.3 is 9.47 Å². The average Bonchev–Trinajstić information content (AvgIpc) is 3.10. The smallest absolute Gasteiger partial charge is 0.277 e. The molecule has 0 amide bonds. The maximum Gasteiger partial charge on any atom is 0.277 e. The van der Waals surface area contributed by atoms with Crippen LogP contribution < -0.4 is 9.47 Å². The number of hydrogen-bond donors (Lipinski definition) is 0. The minimum atomic E-state index is -0.140. The first-order valence-electron chi connectivity index (χ1n) is 7.33. The fourth-order valence-corrected chi connectivity index (χ4v) is 3.59. The van der Waals surface area contributed by atoms with E-state index in [0.717, 1.165) is 15.8 Å². The van der Waals surface area contributed by atoms with E-state index in [2.05, 4.69) is 4.98 Å². The van der Waals surface area contributed by atoms with Crippen molar-refractivity contribution in [3.05, 3.63) is 41.3 Å². The van der Waals surface area contributed by atoms with E-state index in [1.54, 1.807) is 26.4 Å². The van der Waals surface area contributed by atoms with Crippen molar-refractivity contribution in [3.63, 3.8) is 0 Å². The van der Waals surface area contributed by atoms with Crippen LogP contribution in [0.15, 0.2) is 30.6 Å². The van der Waals surface area contributed by atoms with Gasteiger partial charge in [-0.3, -0.25) is 9.36 Å². The van der Waals surface area contributed by atoms with Crippen LogP contribution in [0.5, 0.6) is 11.5 Å². The fraction of sp³-hybridized carbons (Fsp3) is 0.294. The summed E-state index contributed by atoms with van der Waals surface area (Å²) in [6, 6.07) is 5.73. The Morgan fingerprint density at radius 2 is 2.13 bits per heavy atom. The molecule has 0 bridgehead atoms. The predicted octanol–water partition coefficient (Wildman–Crippen LogP) is 3.89. The van der Waals surface area contributed by atoms with E-state index in [1.807, 2.05) is 32.0 Å². The van der Waals surface area contributed by atoms with E-state index in [1.165, 1.54) is 15.9 Å². The minimum absolute atomic E-state index is 0.0329. The van der Waals surface area contributed by atoms with Gasteiger partial charge in [-0.1, -0.05) is 6.07 Å². The summed E-state index contributed by atoms with van der Waals surface area (Å²) < 4.78 is 13.8. The van der Waals surface area contributed by atoms with Crippen LogP contribution in [-0.2, 0) is 0 Å². The summed E-state index contributed by atoms with van der Waals surface area (Å²) >= 11 is 1.38. The zero-order chi connectivity index (χ0) is 16.6. The summed E-state index contributed by atoms with van der Waals surface area (Å²) in [5.41, 5.74) is 0. The molecule has 0 spiro atoms. The maximum atomic E-state index is 12.9. The van der Waals surface area contributed by atoms with Gasteiger partial charge in [0.25, 0.3) is 5.91 Å². The fourth-order valence-electron chi connectivity index (χ4n) is 2.43. The van der Waals surface area contributed by atoms with Crippen LogP contribution >= 0.6 is 11.3 Å². The summed E-state index contributed by atoms with van der Waals surface area (Å²) in [4.78, 5) is 17.6. The van der Waals surface area contributed by atoms with Gasteiger partial charge in [-0.05, 0) is 32.9 Å². The van der Waals surface area contributed by atoms with E-state index < -0.39 is 0 Å². The highest BCUT2D eigenvalue weighted by molar-refractivity contribution is 7.21. The zero-order valence-corrected chi connectivity index (χ0v) is 14.3. The van der Waals surface area contributed by atoms with Gasteiger partial charge in [0.15, 0.2) is 5.75 Å². The molecule has 2 heterocycles. The molecular formula is C17H18N2O3S. The number of aryl methyl sites for hydroxylation is 1. The number of imidazole rings is 1. The molecule has 0 aliphatic carbocycles. The Labute approximate surface area is 138 Å². The van der Waals surface area contributed by atoms with Crippen LogP contribution in [0, 0.1) is 6.92 Å². The van der Waals surface area contributed by atoms with E-state index >= 15 is 0 Å². The Morgan fingerprint density at radius 1 is 1.35 bits per heavy atom. The lowest BCUT2D eigenvalue weighted by Crippen LogP contribution is -2.14. The van der Waals surface area contributed by atoms with Crippen LogP contribution in [-0.4, -0.2) is 28.7 Å². The quantitative estimate of drug-likeness (QED) is 0.728. The summed E-state index contributed by atoms with van der Waals surface area (Å²) in [6.07, 6.45) is 3.25. The van der Waals surface area contributed by atoms with E-state index in [4.69, 9.17) is 9.47 Å². The normalized spacial score (nSPS) is 11.2. The highest BCUT2D eigenvalue weighted by Crippen LogP contribution is 2.43. The second-order valence-corrected chi connectivity index (χ2v) is 6.43. The Hall–Kier alpha value is -2.34. The van der Waals surface area contributed by atoms with Crippen molar-refractivity contribution in [3.8, 4) is 11.5 Å². The number of aromatic nitrogens is 2. The number of fused-ring (bicyclic) bond motifs is 1. The standard InChI is InChI=1S/C17H18N2O3S/c1-10(2)22-14-12-6-5-7-13(21-4)15(12)23-16(14)17(20)19-9-8-18-11(19)3/h5-10H,1-4H3. The van der Waals surface area contributed by atoms with Crippen molar-refractivity contribution >= 4 is 27.3 Å². The van der Waals surface area contributed by atoms with Gasteiger partial charge in [-0.25, -0.2) is 4.98 Å². The SMILES string of the molecule is COc1cccc2c(OC(C)C)c(C(=O)n3ccnc3C)sc12. The van der Waals surface area contributed by atoms with Crippen LogP contribution in [0.2, 0.25) is 0 Å². The molecule has 3 aromatic rings. The lowest BCUT2D eigenvalue weighted by molar-refractivity contribution is 0.0957. The zero-order valence-electron chi connectivity index (χ0n) is 13.5. The third-order valence-corrected chi connectivity index (χ3v) is 4.64. The van der Waals surface area contributed by atoms with Crippen molar-refractivity contribution in [1.29, 1.82) is 0 Å². The molecule has 0 aliphatic rings. The number of benzene rings is 1. The molecule has 0 atom stereocenters. The predicted molar refractivity (Wildman–Crippen MR) is 90.8 cm³/mol. The average molecular weight is 330 g/mol. The Balaban J connectivity index is 2.22. The lowest BCUT2D eigenvalue weighted by Gasteiger charge is -2.11.